The predicted molar refractivity (Wildman–Crippen MR) is 84.3 cm³/mol. The van der Waals surface area contributed by atoms with Gasteiger partial charge in [0.1, 0.15) is 5.75 Å². The number of benzene rings is 1. The molecule has 0 radical (unpaired) electrons. The summed E-state index contributed by atoms with van der Waals surface area (Å²) in [4.78, 5) is 2.60. The molecular weight excluding hydrogens is 248 g/mol. The number of ether oxygens (including phenoxy) is 1. The summed E-state index contributed by atoms with van der Waals surface area (Å²) in [5.74, 6) is 0.932. The molecule has 0 amide bonds. The normalized spacial score (nSPS) is 21.6. The molecule has 1 aliphatic rings. The Balaban J connectivity index is 1.94. The fourth-order valence-corrected chi connectivity index (χ4v) is 2.97. The van der Waals surface area contributed by atoms with Crippen LogP contribution in [0.3, 0.4) is 0 Å². The lowest BCUT2D eigenvalue weighted by Crippen LogP contribution is -2.46. The van der Waals surface area contributed by atoms with Crippen LogP contribution in [0.25, 0.3) is 0 Å². The molecule has 0 bridgehead atoms. The molecule has 20 heavy (non-hydrogen) atoms. The Morgan fingerprint density at radius 2 is 2.10 bits per heavy atom. The van der Waals surface area contributed by atoms with Crippen LogP contribution < -0.4 is 10.1 Å². The van der Waals surface area contributed by atoms with E-state index in [1.165, 1.54) is 31.4 Å². The van der Waals surface area contributed by atoms with Crippen LogP contribution in [0.1, 0.15) is 44.7 Å². The van der Waals surface area contributed by atoms with E-state index in [0.717, 1.165) is 18.8 Å². The first-order chi connectivity index (χ1) is 9.74. The first-order valence-corrected chi connectivity index (χ1v) is 7.86. The van der Waals surface area contributed by atoms with Crippen molar-refractivity contribution in [3.8, 4) is 5.75 Å². The minimum atomic E-state index is 0.479. The molecular formula is C17H28N2O. The summed E-state index contributed by atoms with van der Waals surface area (Å²) < 4.78 is 5.23. The summed E-state index contributed by atoms with van der Waals surface area (Å²) >= 11 is 0. The van der Waals surface area contributed by atoms with E-state index in [0.29, 0.717) is 12.1 Å². The third-order valence-corrected chi connectivity index (χ3v) is 4.28. The largest absolute Gasteiger partial charge is 0.497 e. The molecule has 0 aromatic heterocycles. The molecule has 1 N–H and O–H groups in total. The van der Waals surface area contributed by atoms with E-state index in [1.54, 1.807) is 7.11 Å². The molecule has 3 nitrogen and oxygen atoms in total. The van der Waals surface area contributed by atoms with E-state index in [9.17, 15) is 0 Å². The van der Waals surface area contributed by atoms with Crippen LogP contribution in [0, 0.1) is 0 Å². The summed E-state index contributed by atoms with van der Waals surface area (Å²) in [6, 6.07) is 9.63. The fraction of sp³-hybridized carbons (Fsp3) is 0.647. The molecule has 1 heterocycles. The third-order valence-electron chi connectivity index (χ3n) is 4.28. The molecule has 1 aromatic carbocycles. The van der Waals surface area contributed by atoms with Crippen molar-refractivity contribution < 1.29 is 4.74 Å². The monoisotopic (exact) mass is 276 g/mol. The Morgan fingerprint density at radius 1 is 1.35 bits per heavy atom. The van der Waals surface area contributed by atoms with Crippen molar-refractivity contribution in [1.29, 1.82) is 0 Å². The molecule has 2 atom stereocenters. The molecule has 1 aromatic rings. The molecule has 0 saturated carbocycles. The number of hydrogen-bond donors (Lipinski definition) is 1. The summed E-state index contributed by atoms with van der Waals surface area (Å²) in [7, 11) is 1.72. The van der Waals surface area contributed by atoms with Gasteiger partial charge in [-0.1, -0.05) is 19.1 Å². The van der Waals surface area contributed by atoms with Crippen molar-refractivity contribution in [2.24, 2.45) is 0 Å². The topological polar surface area (TPSA) is 24.5 Å². The second kappa shape index (κ2) is 7.65. The average Bonchev–Trinajstić information content (AvgIpc) is 2.52. The third kappa shape index (κ3) is 3.97. The van der Waals surface area contributed by atoms with E-state index in [4.69, 9.17) is 4.74 Å². The van der Waals surface area contributed by atoms with Gasteiger partial charge in [0, 0.05) is 18.6 Å². The molecule has 2 rings (SSSR count). The number of rotatable bonds is 6. The molecule has 1 fully saturated rings. The number of hydrogen-bond acceptors (Lipinski definition) is 3. The highest BCUT2D eigenvalue weighted by atomic mass is 16.5. The van der Waals surface area contributed by atoms with Crippen LogP contribution in [0.2, 0.25) is 0 Å². The van der Waals surface area contributed by atoms with Crippen LogP contribution in [0.5, 0.6) is 5.75 Å². The van der Waals surface area contributed by atoms with Gasteiger partial charge >= 0.3 is 0 Å². The van der Waals surface area contributed by atoms with Crippen molar-refractivity contribution in [2.45, 2.75) is 45.2 Å². The second-order valence-corrected chi connectivity index (χ2v) is 5.74. The van der Waals surface area contributed by atoms with Crippen molar-refractivity contribution in [1.82, 2.24) is 10.2 Å². The van der Waals surface area contributed by atoms with Gasteiger partial charge < -0.3 is 10.1 Å². The van der Waals surface area contributed by atoms with Crippen LogP contribution in [-0.4, -0.2) is 37.7 Å². The van der Waals surface area contributed by atoms with Gasteiger partial charge in [0.15, 0.2) is 0 Å². The van der Waals surface area contributed by atoms with Crippen molar-refractivity contribution in [2.75, 3.05) is 26.7 Å². The van der Waals surface area contributed by atoms with E-state index in [2.05, 4.69) is 48.3 Å². The number of piperidine rings is 1. The molecule has 1 saturated heterocycles. The zero-order valence-electron chi connectivity index (χ0n) is 13.1. The van der Waals surface area contributed by atoms with Crippen LogP contribution in [0.4, 0.5) is 0 Å². The lowest BCUT2D eigenvalue weighted by Gasteiger charge is -2.37. The minimum Gasteiger partial charge on any atom is -0.497 e. The SMILES string of the molecule is CCCNC1CCCN(C(C)c2ccc(OC)cc2)C1. The smallest absolute Gasteiger partial charge is 0.118 e. The van der Waals surface area contributed by atoms with E-state index < -0.39 is 0 Å². The molecule has 2 unspecified atom stereocenters. The quantitative estimate of drug-likeness (QED) is 0.863. The first-order valence-electron chi connectivity index (χ1n) is 7.86. The number of nitrogens with zero attached hydrogens (tertiary/aromatic N) is 1. The van der Waals surface area contributed by atoms with Gasteiger partial charge in [-0.2, -0.15) is 0 Å². The molecule has 112 valence electrons. The van der Waals surface area contributed by atoms with Crippen molar-refractivity contribution in [3.05, 3.63) is 29.8 Å². The lowest BCUT2D eigenvalue weighted by atomic mass is 10.00. The highest BCUT2D eigenvalue weighted by Crippen LogP contribution is 2.25. The number of likely N-dealkylation sites (tertiary alicyclic amines) is 1. The Morgan fingerprint density at radius 3 is 2.75 bits per heavy atom. The number of methoxy groups -OCH3 is 1. The van der Waals surface area contributed by atoms with Crippen molar-refractivity contribution >= 4 is 0 Å². The summed E-state index contributed by atoms with van der Waals surface area (Å²) in [6.45, 7) is 8.04. The Kier molecular flexibility index (Phi) is 5.86. The maximum absolute atomic E-state index is 5.23. The van der Waals surface area contributed by atoms with E-state index in [1.807, 2.05) is 0 Å². The van der Waals surface area contributed by atoms with Crippen molar-refractivity contribution in [3.63, 3.8) is 0 Å². The maximum atomic E-state index is 5.23. The van der Waals surface area contributed by atoms with Gasteiger partial charge in [0.2, 0.25) is 0 Å². The Bertz CT molecular complexity index is 390. The van der Waals surface area contributed by atoms with E-state index >= 15 is 0 Å². The van der Waals surface area contributed by atoms with E-state index in [-0.39, 0.29) is 0 Å². The molecule has 3 heteroatoms. The first kappa shape index (κ1) is 15.3. The molecule has 1 aliphatic heterocycles. The highest BCUT2D eigenvalue weighted by molar-refractivity contribution is 5.28. The van der Waals surface area contributed by atoms with Crippen LogP contribution >= 0.6 is 0 Å². The van der Waals surface area contributed by atoms with Gasteiger partial charge in [-0.25, -0.2) is 0 Å². The average molecular weight is 276 g/mol. The van der Waals surface area contributed by atoms with Crippen LogP contribution in [0.15, 0.2) is 24.3 Å². The summed E-state index contributed by atoms with van der Waals surface area (Å²) in [5, 5.41) is 3.66. The Hall–Kier alpha value is -1.06. The standard InChI is InChI=1S/C17H28N2O/c1-4-11-18-16-6-5-12-19(13-16)14(2)15-7-9-17(20-3)10-8-15/h7-10,14,16,18H,4-6,11-13H2,1-3H3. The van der Waals surface area contributed by atoms with Gasteiger partial charge in [-0.15, -0.1) is 0 Å². The van der Waals surface area contributed by atoms with Gasteiger partial charge in [-0.3, -0.25) is 4.90 Å². The minimum absolute atomic E-state index is 0.479. The predicted octanol–water partition coefficient (Wildman–Crippen LogP) is 3.22. The molecule has 0 aliphatic carbocycles. The number of nitrogens with one attached hydrogen (secondary N) is 1. The Labute approximate surface area is 123 Å². The lowest BCUT2D eigenvalue weighted by molar-refractivity contribution is 0.146. The fourth-order valence-electron chi connectivity index (χ4n) is 2.97. The second-order valence-electron chi connectivity index (χ2n) is 5.74. The van der Waals surface area contributed by atoms with Gasteiger partial charge in [0.25, 0.3) is 0 Å². The van der Waals surface area contributed by atoms with Crippen LogP contribution in [-0.2, 0) is 0 Å². The zero-order valence-corrected chi connectivity index (χ0v) is 13.1. The highest BCUT2D eigenvalue weighted by Gasteiger charge is 2.23. The molecule has 0 spiro atoms. The maximum Gasteiger partial charge on any atom is 0.118 e. The van der Waals surface area contributed by atoms with Gasteiger partial charge in [0.05, 0.1) is 7.11 Å². The summed E-state index contributed by atoms with van der Waals surface area (Å²) in [6.07, 6.45) is 3.82. The summed E-state index contributed by atoms with van der Waals surface area (Å²) in [5.41, 5.74) is 1.38. The zero-order chi connectivity index (χ0) is 14.4. The van der Waals surface area contributed by atoms with Gasteiger partial charge in [-0.05, 0) is 57.0 Å².